The van der Waals surface area contributed by atoms with Crippen molar-refractivity contribution in [3.8, 4) is 0 Å². The first-order valence-corrected chi connectivity index (χ1v) is 5.71. The van der Waals surface area contributed by atoms with Crippen LogP contribution in [0.25, 0.3) is 0 Å². The topological polar surface area (TPSA) is 41.1 Å². The highest BCUT2D eigenvalue weighted by Crippen LogP contribution is 2.29. The van der Waals surface area contributed by atoms with Crippen LogP contribution in [0.3, 0.4) is 0 Å². The van der Waals surface area contributed by atoms with Crippen LogP contribution in [-0.4, -0.2) is 19.0 Å². The van der Waals surface area contributed by atoms with Crippen LogP contribution < -0.4 is 10.6 Å². The third-order valence-electron chi connectivity index (χ3n) is 3.11. The molecule has 0 spiro atoms. The number of anilines is 1. The molecule has 0 saturated heterocycles. The zero-order valence-corrected chi connectivity index (χ0v) is 10.0. The van der Waals surface area contributed by atoms with E-state index in [1.54, 1.807) is 0 Å². The largest absolute Gasteiger partial charge is 0.387 e. The van der Waals surface area contributed by atoms with Crippen molar-refractivity contribution in [2.24, 2.45) is 5.92 Å². The minimum atomic E-state index is 0.0266. The van der Waals surface area contributed by atoms with Crippen molar-refractivity contribution in [2.75, 3.05) is 12.4 Å². The van der Waals surface area contributed by atoms with Gasteiger partial charge >= 0.3 is 0 Å². The van der Waals surface area contributed by atoms with Crippen molar-refractivity contribution >= 4 is 11.6 Å². The van der Waals surface area contributed by atoms with E-state index in [4.69, 9.17) is 0 Å². The van der Waals surface area contributed by atoms with E-state index in [9.17, 15) is 4.79 Å². The van der Waals surface area contributed by atoms with Crippen LogP contribution in [0.2, 0.25) is 0 Å². The van der Waals surface area contributed by atoms with Gasteiger partial charge in [-0.15, -0.1) is 0 Å². The summed E-state index contributed by atoms with van der Waals surface area (Å²) in [4.78, 5) is 12.0. The van der Waals surface area contributed by atoms with Crippen LogP contribution in [0.5, 0.6) is 0 Å². The molecule has 0 bridgehead atoms. The molecule has 1 aliphatic rings. The van der Waals surface area contributed by atoms with Gasteiger partial charge in [0.15, 0.2) is 0 Å². The Morgan fingerprint density at radius 3 is 2.69 bits per heavy atom. The van der Waals surface area contributed by atoms with Gasteiger partial charge in [0.2, 0.25) is 0 Å². The van der Waals surface area contributed by atoms with Crippen molar-refractivity contribution in [1.82, 2.24) is 5.32 Å². The fraction of sp³-hybridized carbons (Fsp3) is 0.462. The Labute approximate surface area is 96.2 Å². The molecule has 0 aliphatic heterocycles. The molecule has 2 N–H and O–H groups in total. The van der Waals surface area contributed by atoms with Gasteiger partial charge in [0, 0.05) is 18.8 Å². The second kappa shape index (κ2) is 4.16. The lowest BCUT2D eigenvalue weighted by Gasteiger charge is -2.10. The third kappa shape index (κ3) is 2.18. The standard InChI is InChI=1S/C13H18N2O/c1-8-4-5-10(12(6-8)14-3)13(16)15-11-7-9(11)2/h4-6,9,11,14H,7H2,1-3H3,(H,15,16). The number of amides is 1. The summed E-state index contributed by atoms with van der Waals surface area (Å²) in [7, 11) is 1.84. The highest BCUT2D eigenvalue weighted by Gasteiger charge is 2.34. The summed E-state index contributed by atoms with van der Waals surface area (Å²) in [6.07, 6.45) is 1.10. The van der Waals surface area contributed by atoms with E-state index in [1.807, 2.05) is 32.2 Å². The fourth-order valence-electron chi connectivity index (χ4n) is 1.83. The molecule has 3 nitrogen and oxygen atoms in total. The van der Waals surface area contributed by atoms with Crippen molar-refractivity contribution in [1.29, 1.82) is 0 Å². The highest BCUT2D eigenvalue weighted by molar-refractivity contribution is 6.00. The van der Waals surface area contributed by atoms with Crippen LogP contribution in [0.15, 0.2) is 18.2 Å². The molecule has 1 aromatic carbocycles. The SMILES string of the molecule is CNc1cc(C)ccc1C(=O)NC1CC1C. The zero-order valence-electron chi connectivity index (χ0n) is 10.0. The summed E-state index contributed by atoms with van der Waals surface area (Å²) >= 11 is 0. The number of benzene rings is 1. The monoisotopic (exact) mass is 218 g/mol. The van der Waals surface area contributed by atoms with Crippen LogP contribution >= 0.6 is 0 Å². The smallest absolute Gasteiger partial charge is 0.253 e. The number of nitrogens with one attached hydrogen (secondary N) is 2. The molecule has 1 saturated carbocycles. The Morgan fingerprint density at radius 2 is 2.12 bits per heavy atom. The molecule has 0 radical (unpaired) electrons. The first-order valence-electron chi connectivity index (χ1n) is 5.71. The van der Waals surface area contributed by atoms with Crippen LogP contribution in [0.4, 0.5) is 5.69 Å². The first-order chi connectivity index (χ1) is 7.61. The van der Waals surface area contributed by atoms with Crippen LogP contribution in [-0.2, 0) is 0 Å². The number of aryl methyl sites for hydroxylation is 1. The van der Waals surface area contributed by atoms with Gasteiger partial charge in [-0.1, -0.05) is 13.0 Å². The molecule has 1 aromatic rings. The maximum Gasteiger partial charge on any atom is 0.253 e. The van der Waals surface area contributed by atoms with Gasteiger partial charge < -0.3 is 10.6 Å². The quantitative estimate of drug-likeness (QED) is 0.816. The van der Waals surface area contributed by atoms with Gasteiger partial charge in [0.05, 0.1) is 5.56 Å². The van der Waals surface area contributed by atoms with Gasteiger partial charge in [-0.05, 0) is 37.0 Å². The van der Waals surface area contributed by atoms with E-state index in [0.29, 0.717) is 12.0 Å². The Balaban J connectivity index is 2.15. The van der Waals surface area contributed by atoms with Crippen molar-refractivity contribution in [3.63, 3.8) is 0 Å². The number of hydrogen-bond acceptors (Lipinski definition) is 2. The van der Waals surface area contributed by atoms with Gasteiger partial charge in [0.25, 0.3) is 5.91 Å². The van der Waals surface area contributed by atoms with Crippen molar-refractivity contribution < 1.29 is 4.79 Å². The summed E-state index contributed by atoms with van der Waals surface area (Å²) in [6.45, 7) is 4.17. The molecule has 16 heavy (non-hydrogen) atoms. The predicted octanol–water partition coefficient (Wildman–Crippen LogP) is 2.17. The Kier molecular flexibility index (Phi) is 2.86. The lowest BCUT2D eigenvalue weighted by Crippen LogP contribution is -2.27. The molecule has 1 amide bonds. The summed E-state index contributed by atoms with van der Waals surface area (Å²) in [5.74, 6) is 0.658. The lowest BCUT2D eigenvalue weighted by molar-refractivity contribution is 0.0950. The average molecular weight is 218 g/mol. The molecule has 1 aliphatic carbocycles. The normalized spacial score (nSPS) is 22.7. The van der Waals surface area contributed by atoms with Gasteiger partial charge in [0.1, 0.15) is 0 Å². The van der Waals surface area contributed by atoms with E-state index < -0.39 is 0 Å². The Hall–Kier alpha value is -1.51. The molecule has 1 fully saturated rings. The minimum absolute atomic E-state index is 0.0266. The summed E-state index contributed by atoms with van der Waals surface area (Å²) in [5, 5.41) is 6.10. The first kappa shape index (κ1) is 11.0. The summed E-state index contributed by atoms with van der Waals surface area (Å²) < 4.78 is 0. The maximum absolute atomic E-state index is 12.0. The Morgan fingerprint density at radius 1 is 1.44 bits per heavy atom. The number of carbonyl (C=O) groups excluding carboxylic acids is 1. The van der Waals surface area contributed by atoms with Gasteiger partial charge in [-0.3, -0.25) is 4.79 Å². The van der Waals surface area contributed by atoms with Gasteiger partial charge in [-0.25, -0.2) is 0 Å². The van der Waals surface area contributed by atoms with E-state index in [2.05, 4.69) is 17.6 Å². The average Bonchev–Trinajstić information content (AvgIpc) is 2.93. The summed E-state index contributed by atoms with van der Waals surface area (Å²) in [6, 6.07) is 6.21. The molecule has 2 atom stereocenters. The van der Waals surface area contributed by atoms with Crippen LogP contribution in [0.1, 0.15) is 29.3 Å². The molecule has 0 aromatic heterocycles. The van der Waals surface area contributed by atoms with Crippen molar-refractivity contribution in [2.45, 2.75) is 26.3 Å². The molecule has 3 heteroatoms. The van der Waals surface area contributed by atoms with E-state index >= 15 is 0 Å². The Bertz CT molecular complexity index is 414. The second-order valence-electron chi connectivity index (χ2n) is 4.59. The highest BCUT2D eigenvalue weighted by atomic mass is 16.1. The predicted molar refractivity (Wildman–Crippen MR) is 65.8 cm³/mol. The fourth-order valence-corrected chi connectivity index (χ4v) is 1.83. The van der Waals surface area contributed by atoms with Crippen LogP contribution in [0, 0.1) is 12.8 Å². The number of carbonyl (C=O) groups is 1. The van der Waals surface area contributed by atoms with Crippen molar-refractivity contribution in [3.05, 3.63) is 29.3 Å². The number of rotatable bonds is 3. The maximum atomic E-state index is 12.0. The molecular formula is C13H18N2O. The zero-order chi connectivity index (χ0) is 11.7. The molecule has 2 rings (SSSR count). The second-order valence-corrected chi connectivity index (χ2v) is 4.59. The lowest BCUT2D eigenvalue weighted by atomic mass is 10.1. The molecule has 0 heterocycles. The molecule has 86 valence electrons. The third-order valence-corrected chi connectivity index (χ3v) is 3.11. The molecule has 2 unspecified atom stereocenters. The summed E-state index contributed by atoms with van der Waals surface area (Å²) in [5.41, 5.74) is 2.78. The van der Waals surface area contributed by atoms with Gasteiger partial charge in [-0.2, -0.15) is 0 Å². The van der Waals surface area contributed by atoms with E-state index in [0.717, 1.165) is 23.2 Å². The van der Waals surface area contributed by atoms with E-state index in [-0.39, 0.29) is 5.91 Å². The molecular weight excluding hydrogens is 200 g/mol. The minimum Gasteiger partial charge on any atom is -0.387 e. The van der Waals surface area contributed by atoms with E-state index in [1.165, 1.54) is 0 Å². The number of hydrogen-bond donors (Lipinski definition) is 2.